The van der Waals surface area contributed by atoms with Gasteiger partial charge in [-0.1, -0.05) is 29.3 Å². The van der Waals surface area contributed by atoms with Crippen LogP contribution in [0.25, 0.3) is 0 Å². The molecule has 0 aliphatic heterocycles. The zero-order chi connectivity index (χ0) is 14.7. The van der Waals surface area contributed by atoms with Crippen molar-refractivity contribution in [2.75, 3.05) is 7.11 Å². The molecule has 0 bridgehead atoms. The summed E-state index contributed by atoms with van der Waals surface area (Å²) in [6.07, 6.45) is 1.73. The number of nitrogens with zero attached hydrogens (tertiary/aromatic N) is 2. The Labute approximate surface area is 119 Å². The molecule has 1 heterocycles. The summed E-state index contributed by atoms with van der Waals surface area (Å²) in [7, 11) is 1.65. The summed E-state index contributed by atoms with van der Waals surface area (Å²) in [5.74, 6) is 6.54. The molecule has 0 aliphatic rings. The Balaban J connectivity index is 2.54. The molecule has 0 fully saturated rings. The zero-order valence-corrected chi connectivity index (χ0v) is 12.5. The van der Waals surface area contributed by atoms with Crippen LogP contribution in [0.2, 0.25) is 0 Å². The van der Waals surface area contributed by atoms with Crippen LogP contribution in [0, 0.1) is 13.8 Å². The van der Waals surface area contributed by atoms with Crippen LogP contribution in [0.15, 0.2) is 24.4 Å². The van der Waals surface area contributed by atoms with Crippen LogP contribution in [-0.4, -0.2) is 16.9 Å². The summed E-state index contributed by atoms with van der Waals surface area (Å²) in [5, 5.41) is 4.34. The van der Waals surface area contributed by atoms with Gasteiger partial charge in [0, 0.05) is 6.54 Å². The standard InChI is InChI=1S/C15H22N4O/c1-5-19-15(13(20-4)9-17-19)14(18-16)12-7-10(2)6-11(3)8-12/h6-9,14,18H,5,16H2,1-4H3. The number of methoxy groups -OCH3 is 1. The van der Waals surface area contributed by atoms with Crippen molar-refractivity contribution in [1.29, 1.82) is 0 Å². The van der Waals surface area contributed by atoms with Crippen molar-refractivity contribution < 1.29 is 4.74 Å². The fourth-order valence-corrected chi connectivity index (χ4v) is 2.59. The number of benzene rings is 1. The average molecular weight is 274 g/mol. The fraction of sp³-hybridized carbons (Fsp3) is 0.400. The highest BCUT2D eigenvalue weighted by Gasteiger charge is 2.22. The number of hydrogen-bond donors (Lipinski definition) is 2. The van der Waals surface area contributed by atoms with Gasteiger partial charge in [-0.2, -0.15) is 5.10 Å². The Bertz CT molecular complexity index is 550. The highest BCUT2D eigenvalue weighted by molar-refractivity contribution is 5.39. The lowest BCUT2D eigenvalue weighted by atomic mass is 9.99. The molecule has 3 N–H and O–H groups in total. The molecule has 5 nitrogen and oxygen atoms in total. The molecular formula is C15H22N4O. The Kier molecular flexibility index (Phi) is 4.42. The van der Waals surface area contributed by atoms with Crippen molar-refractivity contribution in [3.63, 3.8) is 0 Å². The van der Waals surface area contributed by atoms with Crippen molar-refractivity contribution in [3.8, 4) is 5.75 Å². The summed E-state index contributed by atoms with van der Waals surface area (Å²) < 4.78 is 7.32. The summed E-state index contributed by atoms with van der Waals surface area (Å²) in [4.78, 5) is 0. The van der Waals surface area contributed by atoms with E-state index in [2.05, 4.69) is 42.6 Å². The van der Waals surface area contributed by atoms with Gasteiger partial charge in [0.25, 0.3) is 0 Å². The minimum Gasteiger partial charge on any atom is -0.493 e. The van der Waals surface area contributed by atoms with E-state index in [4.69, 9.17) is 10.6 Å². The van der Waals surface area contributed by atoms with E-state index in [-0.39, 0.29) is 6.04 Å². The predicted octanol–water partition coefficient (Wildman–Crippen LogP) is 2.08. The van der Waals surface area contributed by atoms with E-state index in [1.807, 2.05) is 11.6 Å². The van der Waals surface area contributed by atoms with Gasteiger partial charge in [0.1, 0.15) is 5.69 Å². The molecule has 2 rings (SSSR count). The Morgan fingerprint density at radius 3 is 2.45 bits per heavy atom. The monoisotopic (exact) mass is 274 g/mol. The average Bonchev–Trinajstić information content (AvgIpc) is 2.81. The van der Waals surface area contributed by atoms with Crippen LogP contribution < -0.4 is 16.0 Å². The summed E-state index contributed by atoms with van der Waals surface area (Å²) in [6.45, 7) is 6.98. The maximum atomic E-state index is 5.80. The first kappa shape index (κ1) is 14.6. The van der Waals surface area contributed by atoms with Gasteiger partial charge in [-0.15, -0.1) is 0 Å². The quantitative estimate of drug-likeness (QED) is 0.647. The molecule has 1 atom stereocenters. The molecule has 0 spiro atoms. The molecule has 0 saturated heterocycles. The fourth-order valence-electron chi connectivity index (χ4n) is 2.59. The summed E-state index contributed by atoms with van der Waals surface area (Å²) >= 11 is 0. The van der Waals surface area contributed by atoms with Crippen LogP contribution in [-0.2, 0) is 6.54 Å². The van der Waals surface area contributed by atoms with E-state index in [1.165, 1.54) is 11.1 Å². The Morgan fingerprint density at radius 1 is 1.30 bits per heavy atom. The lowest BCUT2D eigenvalue weighted by Gasteiger charge is -2.20. The van der Waals surface area contributed by atoms with Gasteiger partial charge in [0.15, 0.2) is 5.75 Å². The van der Waals surface area contributed by atoms with E-state index in [0.717, 1.165) is 23.6 Å². The number of nitrogens with two attached hydrogens (primary N) is 1. The Hall–Kier alpha value is -1.85. The third-order valence-corrected chi connectivity index (χ3v) is 3.38. The molecule has 20 heavy (non-hydrogen) atoms. The smallest absolute Gasteiger partial charge is 0.161 e. The third kappa shape index (κ3) is 2.69. The number of hydrazine groups is 1. The molecule has 1 aromatic carbocycles. The van der Waals surface area contributed by atoms with E-state index >= 15 is 0 Å². The molecule has 1 aromatic heterocycles. The number of hydrogen-bond acceptors (Lipinski definition) is 4. The zero-order valence-electron chi connectivity index (χ0n) is 12.5. The van der Waals surface area contributed by atoms with Gasteiger partial charge in [-0.25, -0.2) is 5.43 Å². The van der Waals surface area contributed by atoms with Crippen LogP contribution >= 0.6 is 0 Å². The Morgan fingerprint density at radius 2 is 1.95 bits per heavy atom. The first-order chi connectivity index (χ1) is 9.60. The number of rotatable bonds is 5. The van der Waals surface area contributed by atoms with Crippen molar-refractivity contribution >= 4 is 0 Å². The lowest BCUT2D eigenvalue weighted by Crippen LogP contribution is -2.31. The lowest BCUT2D eigenvalue weighted by molar-refractivity contribution is 0.399. The van der Waals surface area contributed by atoms with Crippen LogP contribution in [0.5, 0.6) is 5.75 Å². The second kappa shape index (κ2) is 6.07. The van der Waals surface area contributed by atoms with Crippen LogP contribution in [0.4, 0.5) is 0 Å². The van der Waals surface area contributed by atoms with Gasteiger partial charge in [0.05, 0.1) is 19.3 Å². The summed E-state index contributed by atoms with van der Waals surface area (Å²) in [5.41, 5.74) is 7.36. The maximum Gasteiger partial charge on any atom is 0.161 e. The van der Waals surface area contributed by atoms with E-state index in [1.54, 1.807) is 13.3 Å². The minimum absolute atomic E-state index is 0.147. The topological polar surface area (TPSA) is 65.1 Å². The van der Waals surface area contributed by atoms with Crippen molar-refractivity contribution in [2.45, 2.75) is 33.4 Å². The number of nitrogens with one attached hydrogen (secondary N) is 1. The van der Waals surface area contributed by atoms with E-state index in [9.17, 15) is 0 Å². The number of aromatic nitrogens is 2. The molecule has 0 aliphatic carbocycles. The van der Waals surface area contributed by atoms with Gasteiger partial charge in [-0.3, -0.25) is 10.5 Å². The number of ether oxygens (including phenoxy) is 1. The SMILES string of the molecule is CCn1ncc(OC)c1C(NN)c1cc(C)cc(C)c1. The molecule has 2 aromatic rings. The van der Waals surface area contributed by atoms with Gasteiger partial charge in [-0.05, 0) is 26.3 Å². The first-order valence-electron chi connectivity index (χ1n) is 6.74. The minimum atomic E-state index is -0.147. The molecule has 0 amide bonds. The molecule has 108 valence electrons. The largest absolute Gasteiger partial charge is 0.493 e. The van der Waals surface area contributed by atoms with Crippen molar-refractivity contribution in [1.82, 2.24) is 15.2 Å². The van der Waals surface area contributed by atoms with E-state index < -0.39 is 0 Å². The normalized spacial score (nSPS) is 12.4. The predicted molar refractivity (Wildman–Crippen MR) is 79.5 cm³/mol. The summed E-state index contributed by atoms with van der Waals surface area (Å²) in [6, 6.07) is 6.25. The first-order valence-corrected chi connectivity index (χ1v) is 6.74. The molecular weight excluding hydrogens is 252 g/mol. The van der Waals surface area contributed by atoms with Crippen molar-refractivity contribution in [3.05, 3.63) is 46.8 Å². The van der Waals surface area contributed by atoms with Crippen LogP contribution in [0.3, 0.4) is 0 Å². The van der Waals surface area contributed by atoms with Gasteiger partial charge >= 0.3 is 0 Å². The second-order valence-electron chi connectivity index (χ2n) is 4.93. The van der Waals surface area contributed by atoms with Gasteiger partial charge < -0.3 is 4.74 Å². The number of aryl methyl sites for hydroxylation is 3. The molecule has 1 unspecified atom stereocenters. The highest BCUT2D eigenvalue weighted by Crippen LogP contribution is 2.30. The molecule has 0 saturated carbocycles. The molecule has 0 radical (unpaired) electrons. The second-order valence-corrected chi connectivity index (χ2v) is 4.93. The van der Waals surface area contributed by atoms with Gasteiger partial charge in [0.2, 0.25) is 0 Å². The van der Waals surface area contributed by atoms with Crippen LogP contribution in [0.1, 0.15) is 35.3 Å². The highest BCUT2D eigenvalue weighted by atomic mass is 16.5. The maximum absolute atomic E-state index is 5.80. The van der Waals surface area contributed by atoms with E-state index in [0.29, 0.717) is 0 Å². The third-order valence-electron chi connectivity index (χ3n) is 3.38. The van der Waals surface area contributed by atoms with Crippen molar-refractivity contribution in [2.24, 2.45) is 5.84 Å². The molecule has 5 heteroatoms.